The van der Waals surface area contributed by atoms with Gasteiger partial charge in [-0.1, -0.05) is 10.6 Å². The van der Waals surface area contributed by atoms with Crippen molar-refractivity contribution in [2.45, 2.75) is 45.4 Å². The van der Waals surface area contributed by atoms with Crippen molar-refractivity contribution in [1.82, 2.24) is 19.2 Å². The maximum absolute atomic E-state index is 12.7. The van der Waals surface area contributed by atoms with Crippen LogP contribution >= 0.6 is 11.5 Å². The fourth-order valence-corrected chi connectivity index (χ4v) is 5.49. The summed E-state index contributed by atoms with van der Waals surface area (Å²) in [6, 6.07) is 3.64. The van der Waals surface area contributed by atoms with Crippen LogP contribution in [0.3, 0.4) is 0 Å². The van der Waals surface area contributed by atoms with Crippen molar-refractivity contribution in [3.8, 4) is 0 Å². The number of aryl methyl sites for hydroxylation is 4. The average molecular weight is 423 g/mol. The molecule has 0 aliphatic carbocycles. The second kappa shape index (κ2) is 8.26. The van der Waals surface area contributed by atoms with Crippen LogP contribution in [0.1, 0.15) is 44.9 Å². The van der Waals surface area contributed by atoms with Crippen molar-refractivity contribution in [3.63, 3.8) is 0 Å². The molecule has 0 atom stereocenters. The number of sulfonamides is 1. The van der Waals surface area contributed by atoms with Crippen LogP contribution in [0.5, 0.6) is 0 Å². The monoisotopic (exact) mass is 422 g/mol. The fourth-order valence-electron chi connectivity index (χ4n) is 3.44. The summed E-state index contributed by atoms with van der Waals surface area (Å²) in [5.41, 5.74) is 3.46. The van der Waals surface area contributed by atoms with Gasteiger partial charge < -0.3 is 4.90 Å². The summed E-state index contributed by atoms with van der Waals surface area (Å²) in [6.45, 7) is 9.12. The maximum Gasteiger partial charge on any atom is 0.267 e. The first kappa shape index (κ1) is 20.9. The average Bonchev–Trinajstić information content (AvgIpc) is 3.08. The molecule has 1 aliphatic heterocycles. The second-order valence-corrected chi connectivity index (χ2v) is 9.97. The molecule has 152 valence electrons. The molecule has 9 heteroatoms. The number of nitrogens with zero attached hydrogens (tertiary/aromatic N) is 3. The Morgan fingerprint density at radius 1 is 1.14 bits per heavy atom. The van der Waals surface area contributed by atoms with Crippen LogP contribution in [0.25, 0.3) is 0 Å². The zero-order valence-electron chi connectivity index (χ0n) is 16.7. The van der Waals surface area contributed by atoms with Gasteiger partial charge in [-0.25, -0.2) is 13.1 Å². The fraction of sp³-hybridized carbons (Fsp3) is 0.526. The van der Waals surface area contributed by atoms with Crippen LogP contribution in [-0.2, 0) is 10.0 Å². The van der Waals surface area contributed by atoms with Crippen LogP contribution in [-0.4, -0.2) is 48.4 Å². The van der Waals surface area contributed by atoms with Crippen LogP contribution in [0.2, 0.25) is 0 Å². The first-order chi connectivity index (χ1) is 13.2. The van der Waals surface area contributed by atoms with E-state index >= 15 is 0 Å². The number of hydrogen-bond acceptors (Lipinski definition) is 6. The molecule has 1 saturated heterocycles. The van der Waals surface area contributed by atoms with Gasteiger partial charge in [-0.15, -0.1) is 5.10 Å². The summed E-state index contributed by atoms with van der Waals surface area (Å²) in [6.07, 6.45) is 1.54. The minimum absolute atomic E-state index is 0.0303. The SMILES string of the molecule is Cc1cc(C)c(S(=O)(=O)NCC2CCN(C(=O)c3snnc3C)CC2)cc1C. The van der Waals surface area contributed by atoms with Crippen LogP contribution in [0, 0.1) is 33.6 Å². The molecular formula is C19H26N4O3S2. The summed E-state index contributed by atoms with van der Waals surface area (Å²) in [4.78, 5) is 15.3. The number of benzene rings is 1. The Bertz CT molecular complexity index is 977. The van der Waals surface area contributed by atoms with E-state index in [4.69, 9.17) is 0 Å². The van der Waals surface area contributed by atoms with Crippen molar-refractivity contribution < 1.29 is 13.2 Å². The first-order valence-corrected chi connectivity index (χ1v) is 11.6. The highest BCUT2D eigenvalue weighted by Gasteiger charge is 2.27. The van der Waals surface area contributed by atoms with Crippen molar-refractivity contribution in [2.24, 2.45) is 5.92 Å². The maximum atomic E-state index is 12.7. The van der Waals surface area contributed by atoms with E-state index in [1.54, 1.807) is 17.9 Å². The van der Waals surface area contributed by atoms with Crippen molar-refractivity contribution in [3.05, 3.63) is 39.4 Å². The van der Waals surface area contributed by atoms with Crippen LogP contribution in [0.15, 0.2) is 17.0 Å². The van der Waals surface area contributed by atoms with E-state index in [0.717, 1.165) is 41.1 Å². The molecule has 2 heterocycles. The lowest BCUT2D eigenvalue weighted by Crippen LogP contribution is -2.41. The highest BCUT2D eigenvalue weighted by atomic mass is 32.2. The van der Waals surface area contributed by atoms with Gasteiger partial charge in [0.25, 0.3) is 5.91 Å². The van der Waals surface area contributed by atoms with Gasteiger partial charge in [0.05, 0.1) is 10.6 Å². The molecule has 1 N–H and O–H groups in total. The predicted octanol–water partition coefficient (Wildman–Crippen LogP) is 2.60. The first-order valence-electron chi connectivity index (χ1n) is 9.35. The molecule has 3 rings (SSSR count). The Kier molecular flexibility index (Phi) is 6.16. The summed E-state index contributed by atoms with van der Waals surface area (Å²) < 4.78 is 32.1. The smallest absolute Gasteiger partial charge is 0.267 e. The lowest BCUT2D eigenvalue weighted by molar-refractivity contribution is 0.0696. The van der Waals surface area contributed by atoms with Gasteiger partial charge in [-0.3, -0.25) is 4.79 Å². The molecule has 0 spiro atoms. The van der Waals surface area contributed by atoms with Gasteiger partial charge in [0, 0.05) is 19.6 Å². The number of carbonyl (C=O) groups excluding carboxylic acids is 1. The molecule has 0 bridgehead atoms. The number of likely N-dealkylation sites (tertiary alicyclic amines) is 1. The molecule has 0 radical (unpaired) electrons. The topological polar surface area (TPSA) is 92.3 Å². The summed E-state index contributed by atoms with van der Waals surface area (Å²) in [7, 11) is -3.55. The molecule has 0 saturated carbocycles. The number of carbonyl (C=O) groups is 1. The molecule has 0 unspecified atom stereocenters. The number of aromatic nitrogens is 2. The standard InChI is InChI=1S/C19H26N4O3S2/c1-12-9-14(3)17(10-13(12)2)28(25,26)20-11-16-5-7-23(8-6-16)19(24)18-15(4)21-22-27-18/h9-10,16,20H,5-8,11H2,1-4H3. The third-order valence-electron chi connectivity index (χ3n) is 5.39. The lowest BCUT2D eigenvalue weighted by atomic mass is 9.97. The number of amides is 1. The molecule has 1 fully saturated rings. The highest BCUT2D eigenvalue weighted by molar-refractivity contribution is 7.89. The Hall–Kier alpha value is -1.84. The van der Waals surface area contributed by atoms with E-state index in [0.29, 0.717) is 35.1 Å². The Morgan fingerprint density at radius 3 is 2.39 bits per heavy atom. The van der Waals surface area contributed by atoms with Crippen molar-refractivity contribution in [2.75, 3.05) is 19.6 Å². The zero-order valence-corrected chi connectivity index (χ0v) is 18.3. The lowest BCUT2D eigenvalue weighted by Gasteiger charge is -2.31. The van der Waals surface area contributed by atoms with E-state index in [1.165, 1.54) is 0 Å². The third-order valence-corrected chi connectivity index (χ3v) is 7.77. The summed E-state index contributed by atoms with van der Waals surface area (Å²) >= 11 is 1.12. The van der Waals surface area contributed by atoms with Gasteiger partial charge >= 0.3 is 0 Å². The highest BCUT2D eigenvalue weighted by Crippen LogP contribution is 2.23. The van der Waals surface area contributed by atoms with E-state index in [2.05, 4.69) is 14.3 Å². The number of hydrogen-bond donors (Lipinski definition) is 1. The molecule has 28 heavy (non-hydrogen) atoms. The number of nitrogens with one attached hydrogen (secondary N) is 1. The van der Waals surface area contributed by atoms with Gasteiger partial charge in [-0.2, -0.15) is 0 Å². The quantitative estimate of drug-likeness (QED) is 0.800. The minimum Gasteiger partial charge on any atom is -0.338 e. The second-order valence-electron chi connectivity index (χ2n) is 7.48. The van der Waals surface area contributed by atoms with E-state index in [9.17, 15) is 13.2 Å². The molecule has 2 aromatic rings. The third kappa shape index (κ3) is 4.42. The van der Waals surface area contributed by atoms with E-state index in [-0.39, 0.29) is 11.8 Å². The van der Waals surface area contributed by atoms with Gasteiger partial charge in [0.2, 0.25) is 10.0 Å². The largest absolute Gasteiger partial charge is 0.338 e. The number of piperidine rings is 1. The van der Waals surface area contributed by atoms with Gasteiger partial charge in [0.1, 0.15) is 4.88 Å². The minimum atomic E-state index is -3.55. The molecule has 1 aromatic carbocycles. The molecule has 1 aromatic heterocycles. The van der Waals surface area contributed by atoms with Crippen molar-refractivity contribution >= 4 is 27.5 Å². The summed E-state index contributed by atoms with van der Waals surface area (Å²) in [5.74, 6) is 0.184. The zero-order chi connectivity index (χ0) is 20.5. The van der Waals surface area contributed by atoms with Gasteiger partial charge in [0.15, 0.2) is 0 Å². The van der Waals surface area contributed by atoms with Crippen LogP contribution < -0.4 is 4.72 Å². The van der Waals surface area contributed by atoms with Gasteiger partial charge in [-0.05, 0) is 80.7 Å². The van der Waals surface area contributed by atoms with Crippen molar-refractivity contribution in [1.29, 1.82) is 0 Å². The molecular weight excluding hydrogens is 396 g/mol. The van der Waals surface area contributed by atoms with Crippen LogP contribution in [0.4, 0.5) is 0 Å². The Labute approximate surface area is 170 Å². The molecule has 1 aliphatic rings. The predicted molar refractivity (Wildman–Crippen MR) is 109 cm³/mol. The summed E-state index contributed by atoms with van der Waals surface area (Å²) in [5, 5.41) is 3.90. The molecule has 1 amide bonds. The normalized spacial score (nSPS) is 15.8. The van der Waals surface area contributed by atoms with E-state index < -0.39 is 10.0 Å². The number of rotatable bonds is 5. The van der Waals surface area contributed by atoms with E-state index in [1.807, 2.05) is 26.8 Å². The molecule has 7 nitrogen and oxygen atoms in total. The Balaban J connectivity index is 1.57. The Morgan fingerprint density at radius 2 is 1.79 bits per heavy atom.